The van der Waals surface area contributed by atoms with E-state index in [1.807, 2.05) is 0 Å². The predicted molar refractivity (Wildman–Crippen MR) is 67.4 cm³/mol. The van der Waals surface area contributed by atoms with Gasteiger partial charge in [0.25, 0.3) is 5.56 Å². The number of ketones is 1. The summed E-state index contributed by atoms with van der Waals surface area (Å²) in [5, 5.41) is 0.128. The van der Waals surface area contributed by atoms with Crippen LogP contribution in [-0.2, 0) is 17.8 Å². The first kappa shape index (κ1) is 13.0. The number of aryl methyl sites for hydroxylation is 1. The zero-order valence-electron chi connectivity index (χ0n) is 10.5. The third-order valence-corrected chi connectivity index (χ3v) is 2.72. The maximum Gasteiger partial charge on any atom is 0.337 e. The van der Waals surface area contributed by atoms with E-state index in [1.54, 1.807) is 6.92 Å². The molecular weight excluding hydrogens is 252 g/mol. The number of nitrogens with zero attached hydrogens (tertiary/aromatic N) is 1. The number of hydrogen-bond acceptors (Lipinski definition) is 5. The van der Waals surface area contributed by atoms with Crippen molar-refractivity contribution >= 4 is 16.9 Å². The zero-order chi connectivity index (χ0) is 14.2. The van der Waals surface area contributed by atoms with Crippen molar-refractivity contribution in [1.82, 2.24) is 9.55 Å². The van der Waals surface area contributed by atoms with Gasteiger partial charge >= 0.3 is 11.3 Å². The molecule has 0 radical (unpaired) electrons. The number of nitrogens with one attached hydrogen (secondary N) is 1. The monoisotopic (exact) mass is 264 g/mol. The van der Waals surface area contributed by atoms with Crippen LogP contribution in [0.25, 0.3) is 11.1 Å². The molecule has 0 aliphatic carbocycles. The Bertz CT molecular complexity index is 825. The fourth-order valence-electron chi connectivity index (χ4n) is 1.92. The summed E-state index contributed by atoms with van der Waals surface area (Å²) in [5.41, 5.74) is -1.74. The Morgan fingerprint density at radius 3 is 2.63 bits per heavy atom. The molecule has 0 aliphatic heterocycles. The van der Waals surface area contributed by atoms with Crippen molar-refractivity contribution in [3.05, 3.63) is 42.9 Å². The summed E-state index contributed by atoms with van der Waals surface area (Å²) in [7, 11) is 0. The van der Waals surface area contributed by atoms with Crippen molar-refractivity contribution in [1.29, 1.82) is 0 Å². The molecule has 2 heterocycles. The van der Waals surface area contributed by atoms with Gasteiger partial charge in [-0.05, 0) is 18.9 Å². The van der Waals surface area contributed by atoms with Crippen LogP contribution in [0.2, 0.25) is 0 Å². The molecule has 2 aromatic rings. The molecule has 100 valence electrons. The van der Waals surface area contributed by atoms with Crippen LogP contribution in [0.15, 0.2) is 24.9 Å². The Morgan fingerprint density at radius 2 is 2.05 bits per heavy atom. The summed E-state index contributed by atoms with van der Waals surface area (Å²) in [6, 6.07) is 1.21. The molecule has 7 heteroatoms. The Balaban J connectivity index is 3.01. The SMILES string of the molecule is CCc1cc(=O)oc2c1c(=O)[nH]c(=O)n2CC(C)=O. The van der Waals surface area contributed by atoms with Gasteiger partial charge in [0.15, 0.2) is 0 Å². The number of aromatic amines is 1. The number of aromatic nitrogens is 2. The molecule has 19 heavy (non-hydrogen) atoms. The van der Waals surface area contributed by atoms with Crippen LogP contribution >= 0.6 is 0 Å². The highest BCUT2D eigenvalue weighted by Crippen LogP contribution is 2.11. The fraction of sp³-hybridized carbons (Fsp3) is 0.333. The lowest BCUT2D eigenvalue weighted by molar-refractivity contribution is -0.117. The van der Waals surface area contributed by atoms with Crippen LogP contribution in [-0.4, -0.2) is 15.3 Å². The van der Waals surface area contributed by atoms with E-state index in [9.17, 15) is 19.2 Å². The van der Waals surface area contributed by atoms with Crippen LogP contribution < -0.4 is 16.9 Å². The average Bonchev–Trinajstić information content (AvgIpc) is 2.32. The zero-order valence-corrected chi connectivity index (χ0v) is 10.5. The lowest BCUT2D eigenvalue weighted by Gasteiger charge is -2.07. The van der Waals surface area contributed by atoms with Crippen molar-refractivity contribution in [2.75, 3.05) is 0 Å². The topological polar surface area (TPSA) is 102 Å². The molecule has 0 atom stereocenters. The van der Waals surface area contributed by atoms with E-state index in [0.29, 0.717) is 12.0 Å². The van der Waals surface area contributed by atoms with Crippen molar-refractivity contribution in [3.8, 4) is 0 Å². The molecule has 0 spiro atoms. The molecule has 0 saturated carbocycles. The van der Waals surface area contributed by atoms with Crippen molar-refractivity contribution in [2.24, 2.45) is 0 Å². The number of Topliss-reactive ketones (excluding diaryl/α,β-unsaturated/α-hetero) is 1. The third kappa shape index (κ3) is 2.26. The van der Waals surface area contributed by atoms with Crippen LogP contribution in [0.3, 0.4) is 0 Å². The summed E-state index contributed by atoms with van der Waals surface area (Å²) >= 11 is 0. The van der Waals surface area contributed by atoms with Gasteiger partial charge in [-0.3, -0.25) is 19.1 Å². The molecule has 1 N–H and O–H groups in total. The molecule has 0 fully saturated rings. The van der Waals surface area contributed by atoms with Gasteiger partial charge < -0.3 is 4.42 Å². The molecule has 0 aromatic carbocycles. The van der Waals surface area contributed by atoms with Crippen molar-refractivity contribution in [2.45, 2.75) is 26.8 Å². The third-order valence-electron chi connectivity index (χ3n) is 2.72. The van der Waals surface area contributed by atoms with Crippen LogP contribution in [0, 0.1) is 0 Å². The summed E-state index contributed by atoms with van der Waals surface area (Å²) in [4.78, 5) is 48.2. The van der Waals surface area contributed by atoms with E-state index in [0.717, 1.165) is 4.57 Å². The molecule has 0 bridgehead atoms. The number of rotatable bonds is 3. The first-order chi connectivity index (χ1) is 8.93. The number of H-pyrrole nitrogens is 1. The van der Waals surface area contributed by atoms with Gasteiger partial charge in [0.05, 0.1) is 6.54 Å². The second kappa shape index (κ2) is 4.68. The van der Waals surface area contributed by atoms with Crippen LogP contribution in [0.1, 0.15) is 19.4 Å². The lowest BCUT2D eigenvalue weighted by Crippen LogP contribution is -2.33. The minimum absolute atomic E-state index is 0.128. The fourth-order valence-corrected chi connectivity index (χ4v) is 1.92. The molecule has 0 unspecified atom stereocenters. The van der Waals surface area contributed by atoms with Gasteiger partial charge in [-0.25, -0.2) is 9.59 Å². The van der Waals surface area contributed by atoms with E-state index < -0.39 is 16.9 Å². The van der Waals surface area contributed by atoms with E-state index in [4.69, 9.17) is 4.42 Å². The van der Waals surface area contributed by atoms with E-state index in [-0.39, 0.29) is 23.4 Å². The highest BCUT2D eigenvalue weighted by Gasteiger charge is 2.15. The molecule has 2 rings (SSSR count). The standard InChI is InChI=1S/C12H12N2O5/c1-3-7-4-8(16)19-11-9(7)10(17)13-12(18)14(11)5-6(2)15/h4H,3,5H2,1-2H3,(H,13,17,18). The average molecular weight is 264 g/mol. The smallest absolute Gasteiger partial charge is 0.337 e. The van der Waals surface area contributed by atoms with Gasteiger partial charge in [-0.15, -0.1) is 0 Å². The minimum Gasteiger partial charge on any atom is -0.405 e. The number of carbonyl (C=O) groups excluding carboxylic acids is 1. The second-order valence-electron chi connectivity index (χ2n) is 4.17. The lowest BCUT2D eigenvalue weighted by atomic mass is 10.1. The predicted octanol–water partition coefficient (Wildman–Crippen LogP) is -0.206. The quantitative estimate of drug-likeness (QED) is 0.826. The first-order valence-corrected chi connectivity index (χ1v) is 5.73. The Morgan fingerprint density at radius 1 is 1.37 bits per heavy atom. The summed E-state index contributed by atoms with van der Waals surface area (Å²) in [6.07, 6.45) is 0.434. The normalized spacial score (nSPS) is 10.8. The number of fused-ring (bicyclic) bond motifs is 1. The van der Waals surface area contributed by atoms with Gasteiger partial charge in [-0.2, -0.15) is 0 Å². The minimum atomic E-state index is -0.774. The molecule has 7 nitrogen and oxygen atoms in total. The van der Waals surface area contributed by atoms with Gasteiger partial charge in [0, 0.05) is 6.07 Å². The molecule has 2 aromatic heterocycles. The summed E-state index contributed by atoms with van der Waals surface area (Å²) in [6.45, 7) is 2.81. The Hall–Kier alpha value is -2.44. The van der Waals surface area contributed by atoms with Crippen LogP contribution in [0.5, 0.6) is 0 Å². The number of carbonyl (C=O) groups is 1. The van der Waals surface area contributed by atoms with Crippen molar-refractivity contribution in [3.63, 3.8) is 0 Å². The van der Waals surface area contributed by atoms with E-state index in [2.05, 4.69) is 4.98 Å². The molecule has 0 saturated heterocycles. The number of hydrogen-bond donors (Lipinski definition) is 1. The summed E-state index contributed by atoms with van der Waals surface area (Å²) < 4.78 is 5.89. The Labute approximate surface area is 106 Å². The molecule has 0 aliphatic rings. The molecule has 0 amide bonds. The second-order valence-corrected chi connectivity index (χ2v) is 4.17. The van der Waals surface area contributed by atoms with Gasteiger partial charge in [-0.1, -0.05) is 6.92 Å². The summed E-state index contributed by atoms with van der Waals surface area (Å²) in [5.74, 6) is -0.292. The van der Waals surface area contributed by atoms with Crippen LogP contribution in [0.4, 0.5) is 0 Å². The maximum absolute atomic E-state index is 11.8. The van der Waals surface area contributed by atoms with E-state index >= 15 is 0 Å². The highest BCUT2D eigenvalue weighted by atomic mass is 16.4. The van der Waals surface area contributed by atoms with Crippen molar-refractivity contribution < 1.29 is 9.21 Å². The highest BCUT2D eigenvalue weighted by molar-refractivity contribution is 5.79. The van der Waals surface area contributed by atoms with Gasteiger partial charge in [0.1, 0.15) is 11.2 Å². The van der Waals surface area contributed by atoms with E-state index in [1.165, 1.54) is 13.0 Å². The van der Waals surface area contributed by atoms with Gasteiger partial charge in [0.2, 0.25) is 5.71 Å². The first-order valence-electron chi connectivity index (χ1n) is 5.73. The maximum atomic E-state index is 11.8. The molecular formula is C12H12N2O5. The largest absolute Gasteiger partial charge is 0.405 e. The Kier molecular flexibility index (Phi) is 3.20.